The lowest BCUT2D eigenvalue weighted by atomic mass is 10.1. The second-order valence-electron chi connectivity index (χ2n) is 7.32. The lowest BCUT2D eigenvalue weighted by Crippen LogP contribution is -2.11. The fourth-order valence-corrected chi connectivity index (χ4v) is 4.28. The van der Waals surface area contributed by atoms with Gasteiger partial charge in [-0.2, -0.15) is 18.3 Å². The number of rotatable bonds is 4. The predicted molar refractivity (Wildman–Crippen MR) is 129 cm³/mol. The van der Waals surface area contributed by atoms with Crippen LogP contribution in [0.15, 0.2) is 98.8 Å². The maximum Gasteiger partial charge on any atom is 0.416 e. The minimum Gasteiger partial charge on any atom is -0.454 e. The van der Waals surface area contributed by atoms with E-state index < -0.39 is 11.7 Å². The van der Waals surface area contributed by atoms with Crippen molar-refractivity contribution in [3.63, 3.8) is 0 Å². The minimum atomic E-state index is -4.44. The molecular formula is C25H15ClF3N3OS. The van der Waals surface area contributed by atoms with Crippen LogP contribution in [0.5, 0.6) is 0 Å². The van der Waals surface area contributed by atoms with Gasteiger partial charge in [0.15, 0.2) is 5.76 Å². The molecule has 0 unspecified atom stereocenters. The SMILES string of the molecule is FC(F)(F)c1cccc(/C=N/n2c(-c3cc4ccccc4o3)csc2=Nc2ccc(Cl)cc2)c1. The lowest BCUT2D eigenvalue weighted by molar-refractivity contribution is -0.137. The quantitative estimate of drug-likeness (QED) is 0.234. The summed E-state index contributed by atoms with van der Waals surface area (Å²) in [5, 5.41) is 7.83. The van der Waals surface area contributed by atoms with Crippen molar-refractivity contribution >= 4 is 45.8 Å². The molecule has 0 fully saturated rings. The lowest BCUT2D eigenvalue weighted by Gasteiger charge is -2.06. The van der Waals surface area contributed by atoms with Gasteiger partial charge in [0.2, 0.25) is 4.80 Å². The Morgan fingerprint density at radius 1 is 0.941 bits per heavy atom. The summed E-state index contributed by atoms with van der Waals surface area (Å²) in [5.41, 5.74) is 1.56. The molecule has 2 heterocycles. The highest BCUT2D eigenvalue weighted by Gasteiger charge is 2.30. The third kappa shape index (κ3) is 4.69. The molecule has 0 radical (unpaired) electrons. The standard InChI is InChI=1S/C25H15ClF3N3OS/c26-19-8-10-20(11-9-19)31-24-32(30-14-16-4-3-6-18(12-16)25(27,28)29)21(15-34-24)23-13-17-5-1-2-7-22(17)33-23/h1-15H/b30-14+,31-24?. The summed E-state index contributed by atoms with van der Waals surface area (Å²) >= 11 is 7.30. The molecular weight excluding hydrogens is 483 g/mol. The molecule has 5 rings (SSSR count). The number of halogens is 4. The van der Waals surface area contributed by atoms with E-state index in [1.807, 2.05) is 35.7 Å². The van der Waals surface area contributed by atoms with E-state index in [-0.39, 0.29) is 0 Å². The van der Waals surface area contributed by atoms with Crippen molar-refractivity contribution in [2.75, 3.05) is 0 Å². The summed E-state index contributed by atoms with van der Waals surface area (Å²) in [4.78, 5) is 5.15. The number of thiazole rings is 1. The number of aromatic nitrogens is 1. The monoisotopic (exact) mass is 497 g/mol. The van der Waals surface area contributed by atoms with Gasteiger partial charge in [0.1, 0.15) is 11.3 Å². The van der Waals surface area contributed by atoms with Crippen molar-refractivity contribution in [1.29, 1.82) is 0 Å². The summed E-state index contributed by atoms with van der Waals surface area (Å²) in [6.07, 6.45) is -3.07. The largest absolute Gasteiger partial charge is 0.454 e. The highest BCUT2D eigenvalue weighted by atomic mass is 35.5. The molecule has 0 aliphatic carbocycles. The normalized spacial score (nSPS) is 12.8. The van der Waals surface area contributed by atoms with E-state index in [2.05, 4.69) is 10.1 Å². The number of para-hydroxylation sites is 1. The first-order chi connectivity index (χ1) is 16.4. The van der Waals surface area contributed by atoms with Crippen LogP contribution in [0.1, 0.15) is 11.1 Å². The fourth-order valence-electron chi connectivity index (χ4n) is 3.31. The van der Waals surface area contributed by atoms with Crippen LogP contribution in [0.2, 0.25) is 5.02 Å². The van der Waals surface area contributed by atoms with Gasteiger partial charge in [-0.25, -0.2) is 9.67 Å². The molecule has 4 nitrogen and oxygen atoms in total. The number of benzene rings is 3. The zero-order chi connectivity index (χ0) is 23.7. The van der Waals surface area contributed by atoms with Crippen molar-refractivity contribution < 1.29 is 17.6 Å². The van der Waals surface area contributed by atoms with Gasteiger partial charge in [-0.1, -0.05) is 41.9 Å². The average Bonchev–Trinajstić information content (AvgIpc) is 3.42. The van der Waals surface area contributed by atoms with Gasteiger partial charge in [0.25, 0.3) is 0 Å². The molecule has 9 heteroatoms. The zero-order valence-corrected chi connectivity index (χ0v) is 18.9. The molecule has 0 aliphatic heterocycles. The number of hydrogen-bond donors (Lipinski definition) is 0. The third-order valence-corrected chi connectivity index (χ3v) is 6.02. The van der Waals surface area contributed by atoms with Gasteiger partial charge in [-0.3, -0.25) is 0 Å². The van der Waals surface area contributed by atoms with Gasteiger partial charge in [0, 0.05) is 15.8 Å². The molecule has 0 aliphatic rings. The van der Waals surface area contributed by atoms with E-state index in [1.165, 1.54) is 23.6 Å². The second-order valence-corrected chi connectivity index (χ2v) is 8.59. The Morgan fingerprint density at radius 2 is 1.74 bits per heavy atom. The van der Waals surface area contributed by atoms with Gasteiger partial charge in [-0.15, -0.1) is 11.3 Å². The summed E-state index contributed by atoms with van der Waals surface area (Å²) in [7, 11) is 0. The molecule has 0 saturated carbocycles. The molecule has 0 N–H and O–H groups in total. The Labute approximate surface area is 200 Å². The molecule has 0 saturated heterocycles. The first-order valence-corrected chi connectivity index (χ1v) is 11.3. The van der Waals surface area contributed by atoms with Crippen molar-refractivity contribution in [2.45, 2.75) is 6.18 Å². The number of nitrogens with zero attached hydrogens (tertiary/aromatic N) is 3. The van der Waals surface area contributed by atoms with Crippen LogP contribution in [0.4, 0.5) is 18.9 Å². The van der Waals surface area contributed by atoms with Crippen LogP contribution in [-0.4, -0.2) is 10.9 Å². The molecule has 5 aromatic rings. The molecule has 0 atom stereocenters. The maximum absolute atomic E-state index is 13.1. The van der Waals surface area contributed by atoms with Crippen molar-refractivity contribution in [1.82, 2.24) is 4.68 Å². The highest BCUT2D eigenvalue weighted by Crippen LogP contribution is 2.30. The van der Waals surface area contributed by atoms with Crippen LogP contribution in [0, 0.1) is 0 Å². The van der Waals surface area contributed by atoms with Crippen molar-refractivity contribution in [2.24, 2.45) is 10.1 Å². The Balaban J connectivity index is 1.63. The maximum atomic E-state index is 13.1. The molecule has 0 bridgehead atoms. The van der Waals surface area contributed by atoms with Crippen LogP contribution in [-0.2, 0) is 6.18 Å². The Bertz CT molecular complexity index is 1530. The molecule has 0 amide bonds. The summed E-state index contributed by atoms with van der Waals surface area (Å²) in [6, 6.07) is 21.4. The third-order valence-electron chi connectivity index (χ3n) is 4.95. The summed E-state index contributed by atoms with van der Waals surface area (Å²) in [5.74, 6) is 0.566. The van der Waals surface area contributed by atoms with Crippen molar-refractivity contribution in [3.8, 4) is 11.5 Å². The Kier molecular flexibility index (Phi) is 5.85. The van der Waals surface area contributed by atoms with Gasteiger partial charge in [-0.05, 0) is 54.1 Å². The number of furan rings is 1. The molecule has 34 heavy (non-hydrogen) atoms. The van der Waals surface area contributed by atoms with Crippen LogP contribution >= 0.6 is 22.9 Å². The van der Waals surface area contributed by atoms with E-state index in [4.69, 9.17) is 16.0 Å². The first-order valence-electron chi connectivity index (χ1n) is 10.1. The van der Waals surface area contributed by atoms with E-state index in [0.717, 1.165) is 17.5 Å². The number of fused-ring (bicyclic) bond motifs is 1. The average molecular weight is 498 g/mol. The summed E-state index contributed by atoms with van der Waals surface area (Å²) in [6.45, 7) is 0. The number of alkyl halides is 3. The van der Waals surface area contributed by atoms with E-state index in [0.29, 0.717) is 38.1 Å². The predicted octanol–water partition coefficient (Wildman–Crippen LogP) is 7.75. The highest BCUT2D eigenvalue weighted by molar-refractivity contribution is 7.07. The minimum absolute atomic E-state index is 0.307. The fraction of sp³-hybridized carbons (Fsp3) is 0.0400. The smallest absolute Gasteiger partial charge is 0.416 e. The van der Waals surface area contributed by atoms with Gasteiger partial charge >= 0.3 is 6.18 Å². The number of hydrogen-bond acceptors (Lipinski definition) is 4. The first kappa shape index (κ1) is 22.2. The zero-order valence-electron chi connectivity index (χ0n) is 17.3. The van der Waals surface area contributed by atoms with Crippen molar-refractivity contribution in [3.05, 3.63) is 105 Å². The Morgan fingerprint density at radius 3 is 2.50 bits per heavy atom. The molecule has 2 aromatic heterocycles. The van der Waals surface area contributed by atoms with Crippen LogP contribution in [0.25, 0.3) is 22.4 Å². The van der Waals surface area contributed by atoms with E-state index in [9.17, 15) is 13.2 Å². The van der Waals surface area contributed by atoms with Gasteiger partial charge in [0.05, 0.1) is 17.5 Å². The molecule has 0 spiro atoms. The Hall–Kier alpha value is -3.62. The molecule has 3 aromatic carbocycles. The van der Waals surface area contributed by atoms with Crippen LogP contribution in [0.3, 0.4) is 0 Å². The molecule has 170 valence electrons. The second kappa shape index (κ2) is 8.96. The van der Waals surface area contributed by atoms with Crippen LogP contribution < -0.4 is 4.80 Å². The van der Waals surface area contributed by atoms with E-state index in [1.54, 1.807) is 35.0 Å². The van der Waals surface area contributed by atoms with Gasteiger partial charge < -0.3 is 4.42 Å². The topological polar surface area (TPSA) is 42.8 Å². The summed E-state index contributed by atoms with van der Waals surface area (Å²) < 4.78 is 46.9. The van der Waals surface area contributed by atoms with E-state index >= 15 is 0 Å².